The molecule has 1 atom stereocenters. The van der Waals surface area contributed by atoms with Gasteiger partial charge in [0, 0.05) is 19.3 Å². The number of unbranched alkanes of at least 4 members (excludes halogenated alkanes) is 28. The molecule has 0 saturated carbocycles. The van der Waals surface area contributed by atoms with Crippen molar-refractivity contribution >= 4 is 17.9 Å². The topological polar surface area (TPSA) is 78.9 Å². The third kappa shape index (κ3) is 48.3. The van der Waals surface area contributed by atoms with E-state index in [0.717, 1.165) is 89.9 Å². The fourth-order valence-electron chi connectivity index (χ4n) is 7.27. The van der Waals surface area contributed by atoms with E-state index in [-0.39, 0.29) is 31.1 Å². The maximum atomic E-state index is 12.8. The van der Waals surface area contributed by atoms with Crippen LogP contribution >= 0.6 is 0 Å². The van der Waals surface area contributed by atoms with Gasteiger partial charge in [0.1, 0.15) is 13.2 Å². The molecule has 0 rings (SSSR count). The van der Waals surface area contributed by atoms with Crippen molar-refractivity contribution in [3.05, 3.63) is 48.6 Å². The maximum absolute atomic E-state index is 12.8. The Labute approximate surface area is 378 Å². The first-order valence-electron chi connectivity index (χ1n) is 26.1. The first-order valence-corrected chi connectivity index (χ1v) is 26.1. The molecule has 0 aliphatic rings. The standard InChI is InChI=1S/C55H98O6/c1-4-7-10-13-16-19-22-24-26-27-29-30-33-36-39-42-45-48-54(57)60-51-52(50-59-53(56)47-44-41-38-35-32-21-18-15-12-9-6-3)61-55(58)49-46-43-40-37-34-31-28-25-23-20-17-14-11-8-5-2/h15,17-18,20,24-26,28,52H,4-14,16,19,21-23,27,29-51H2,1-3H3/b18-15-,20-17-,26-24-,28-25-/t52-/m0/s1. The molecule has 0 N–H and O–H groups in total. The molecule has 0 saturated heterocycles. The Morgan fingerprint density at radius 1 is 0.328 bits per heavy atom. The van der Waals surface area contributed by atoms with Gasteiger partial charge in [0.2, 0.25) is 0 Å². The predicted molar refractivity (Wildman–Crippen MR) is 261 cm³/mol. The zero-order valence-corrected chi connectivity index (χ0v) is 40.4. The molecule has 0 spiro atoms. The average molecular weight is 855 g/mol. The van der Waals surface area contributed by atoms with Crippen molar-refractivity contribution in [3.63, 3.8) is 0 Å². The largest absolute Gasteiger partial charge is 0.462 e. The zero-order valence-electron chi connectivity index (χ0n) is 40.4. The third-order valence-corrected chi connectivity index (χ3v) is 11.3. The number of carbonyl (C=O) groups is 3. The van der Waals surface area contributed by atoms with Crippen LogP contribution in [-0.2, 0) is 28.6 Å². The minimum atomic E-state index is -0.783. The SMILES string of the molecule is CCCC/C=C\CCCCCCCC(=O)OC[C@@H](COC(=O)CCCCCCCCC/C=C\CCCCCCCC)OC(=O)CCCCCCC/C=C\C/C=C\CCCCC. The normalized spacial score (nSPS) is 12.4. The minimum absolute atomic E-state index is 0.0830. The lowest BCUT2D eigenvalue weighted by molar-refractivity contribution is -0.167. The molecule has 0 bridgehead atoms. The van der Waals surface area contributed by atoms with Crippen LogP contribution in [0.5, 0.6) is 0 Å². The van der Waals surface area contributed by atoms with Gasteiger partial charge in [0.15, 0.2) is 6.10 Å². The smallest absolute Gasteiger partial charge is 0.306 e. The van der Waals surface area contributed by atoms with Gasteiger partial charge < -0.3 is 14.2 Å². The number of hydrogen-bond donors (Lipinski definition) is 0. The Balaban J connectivity index is 4.38. The fourth-order valence-corrected chi connectivity index (χ4v) is 7.27. The molecule has 0 aromatic carbocycles. The van der Waals surface area contributed by atoms with Gasteiger partial charge in [-0.05, 0) is 96.3 Å². The molecule has 0 heterocycles. The number of hydrogen-bond acceptors (Lipinski definition) is 6. The summed E-state index contributed by atoms with van der Waals surface area (Å²) >= 11 is 0. The van der Waals surface area contributed by atoms with Crippen LogP contribution in [0.1, 0.15) is 265 Å². The summed E-state index contributed by atoms with van der Waals surface area (Å²) in [6, 6.07) is 0. The number of rotatable bonds is 47. The Morgan fingerprint density at radius 2 is 0.607 bits per heavy atom. The van der Waals surface area contributed by atoms with E-state index >= 15 is 0 Å². The first kappa shape index (κ1) is 58.4. The van der Waals surface area contributed by atoms with E-state index in [1.807, 2.05) is 0 Å². The highest BCUT2D eigenvalue weighted by Crippen LogP contribution is 2.14. The van der Waals surface area contributed by atoms with Gasteiger partial charge in [-0.15, -0.1) is 0 Å². The second-order valence-electron chi connectivity index (χ2n) is 17.4. The fraction of sp³-hybridized carbons (Fsp3) is 0.800. The summed E-state index contributed by atoms with van der Waals surface area (Å²) in [6.07, 6.45) is 59.5. The molecule has 0 aliphatic carbocycles. The van der Waals surface area contributed by atoms with Crippen molar-refractivity contribution in [2.75, 3.05) is 13.2 Å². The van der Waals surface area contributed by atoms with Crippen LogP contribution in [0.15, 0.2) is 48.6 Å². The van der Waals surface area contributed by atoms with Gasteiger partial charge in [-0.2, -0.15) is 0 Å². The second-order valence-corrected chi connectivity index (χ2v) is 17.4. The van der Waals surface area contributed by atoms with Gasteiger partial charge in [-0.25, -0.2) is 0 Å². The summed E-state index contributed by atoms with van der Waals surface area (Å²) in [5.74, 6) is -0.905. The Kier molecular flexibility index (Phi) is 47.9. The predicted octanol–water partition coefficient (Wildman–Crippen LogP) is 17.1. The first-order chi connectivity index (χ1) is 30.0. The van der Waals surface area contributed by atoms with Crippen LogP contribution in [0, 0.1) is 0 Å². The monoisotopic (exact) mass is 855 g/mol. The van der Waals surface area contributed by atoms with Crippen molar-refractivity contribution in [1.29, 1.82) is 0 Å². The molecule has 6 heteroatoms. The molecule has 0 aromatic heterocycles. The second kappa shape index (κ2) is 50.0. The van der Waals surface area contributed by atoms with Crippen LogP contribution in [-0.4, -0.2) is 37.2 Å². The molecular weight excluding hydrogens is 757 g/mol. The molecule has 0 aromatic rings. The molecule has 0 aliphatic heterocycles. The summed E-state index contributed by atoms with van der Waals surface area (Å²) in [4.78, 5) is 37.9. The lowest BCUT2D eigenvalue weighted by Gasteiger charge is -2.18. The lowest BCUT2D eigenvalue weighted by atomic mass is 10.1. The van der Waals surface area contributed by atoms with Crippen LogP contribution in [0.4, 0.5) is 0 Å². The lowest BCUT2D eigenvalue weighted by Crippen LogP contribution is -2.30. The van der Waals surface area contributed by atoms with E-state index in [4.69, 9.17) is 14.2 Å². The number of carbonyl (C=O) groups excluding carboxylic acids is 3. The van der Waals surface area contributed by atoms with E-state index in [1.165, 1.54) is 135 Å². The molecular formula is C55H98O6. The van der Waals surface area contributed by atoms with Gasteiger partial charge in [0.05, 0.1) is 0 Å². The molecule has 61 heavy (non-hydrogen) atoms. The van der Waals surface area contributed by atoms with Crippen molar-refractivity contribution in [1.82, 2.24) is 0 Å². The summed E-state index contributed by atoms with van der Waals surface area (Å²) in [6.45, 7) is 6.56. The zero-order chi connectivity index (χ0) is 44.4. The number of ether oxygens (including phenoxy) is 3. The van der Waals surface area contributed by atoms with E-state index in [0.29, 0.717) is 19.3 Å². The minimum Gasteiger partial charge on any atom is -0.462 e. The van der Waals surface area contributed by atoms with Gasteiger partial charge >= 0.3 is 17.9 Å². The van der Waals surface area contributed by atoms with Crippen molar-refractivity contribution in [2.45, 2.75) is 271 Å². The Bertz CT molecular complexity index is 1070. The molecule has 6 nitrogen and oxygen atoms in total. The van der Waals surface area contributed by atoms with E-state index < -0.39 is 6.10 Å². The highest BCUT2D eigenvalue weighted by molar-refractivity contribution is 5.71. The summed E-state index contributed by atoms with van der Waals surface area (Å²) < 4.78 is 16.8. The van der Waals surface area contributed by atoms with Gasteiger partial charge in [-0.1, -0.05) is 198 Å². The summed E-state index contributed by atoms with van der Waals surface area (Å²) in [7, 11) is 0. The summed E-state index contributed by atoms with van der Waals surface area (Å²) in [5, 5.41) is 0. The Morgan fingerprint density at radius 3 is 1.00 bits per heavy atom. The number of esters is 3. The number of allylic oxidation sites excluding steroid dienone is 8. The molecule has 0 radical (unpaired) electrons. The van der Waals surface area contributed by atoms with Gasteiger partial charge in [-0.3, -0.25) is 14.4 Å². The van der Waals surface area contributed by atoms with E-state index in [1.54, 1.807) is 0 Å². The molecule has 0 amide bonds. The van der Waals surface area contributed by atoms with Crippen LogP contribution < -0.4 is 0 Å². The van der Waals surface area contributed by atoms with Crippen LogP contribution in [0.2, 0.25) is 0 Å². The van der Waals surface area contributed by atoms with Crippen molar-refractivity contribution in [2.24, 2.45) is 0 Å². The maximum Gasteiger partial charge on any atom is 0.306 e. The van der Waals surface area contributed by atoms with Gasteiger partial charge in [0.25, 0.3) is 0 Å². The average Bonchev–Trinajstić information content (AvgIpc) is 3.26. The quantitative estimate of drug-likeness (QED) is 0.0263. The molecule has 354 valence electrons. The van der Waals surface area contributed by atoms with Crippen molar-refractivity contribution < 1.29 is 28.6 Å². The van der Waals surface area contributed by atoms with E-state index in [9.17, 15) is 14.4 Å². The molecule has 0 unspecified atom stereocenters. The molecule has 0 fully saturated rings. The van der Waals surface area contributed by atoms with E-state index in [2.05, 4.69) is 69.4 Å². The Hall–Kier alpha value is -2.63. The van der Waals surface area contributed by atoms with Crippen LogP contribution in [0.3, 0.4) is 0 Å². The van der Waals surface area contributed by atoms with Crippen molar-refractivity contribution in [3.8, 4) is 0 Å². The summed E-state index contributed by atoms with van der Waals surface area (Å²) in [5.41, 5.74) is 0. The third-order valence-electron chi connectivity index (χ3n) is 11.3. The highest BCUT2D eigenvalue weighted by Gasteiger charge is 2.19. The highest BCUT2D eigenvalue weighted by atomic mass is 16.6. The van der Waals surface area contributed by atoms with Crippen LogP contribution in [0.25, 0.3) is 0 Å².